The van der Waals surface area contributed by atoms with Crippen molar-refractivity contribution in [3.05, 3.63) is 47.6 Å². The van der Waals surface area contributed by atoms with Crippen LogP contribution >= 0.6 is 36.4 Å². The van der Waals surface area contributed by atoms with Crippen molar-refractivity contribution in [1.82, 2.24) is 10.3 Å². The first-order valence-corrected chi connectivity index (χ1v) is 9.47. The SMILES string of the molecule is Cl.Cl.O=C(CC1CC2CCC(C1)N2)Nc1ccc(Oc2ccc(Cl)cn2)cc1. The Labute approximate surface area is 182 Å². The molecule has 5 nitrogen and oxygen atoms in total. The molecular weight excluding hydrogens is 421 g/mol. The first-order chi connectivity index (χ1) is 12.6. The zero-order chi connectivity index (χ0) is 17.9. The van der Waals surface area contributed by atoms with E-state index in [1.807, 2.05) is 24.3 Å². The highest BCUT2D eigenvalue weighted by Crippen LogP contribution is 2.33. The molecule has 8 heteroatoms. The van der Waals surface area contributed by atoms with Gasteiger partial charge in [0.25, 0.3) is 0 Å². The molecular formula is C20H24Cl3N3O2. The number of rotatable bonds is 5. The molecule has 0 aliphatic carbocycles. The van der Waals surface area contributed by atoms with Gasteiger partial charge in [0.2, 0.25) is 11.8 Å². The monoisotopic (exact) mass is 443 g/mol. The van der Waals surface area contributed by atoms with Crippen molar-refractivity contribution < 1.29 is 9.53 Å². The maximum absolute atomic E-state index is 12.3. The van der Waals surface area contributed by atoms with Gasteiger partial charge in [-0.15, -0.1) is 24.8 Å². The van der Waals surface area contributed by atoms with Gasteiger partial charge in [0.15, 0.2) is 0 Å². The molecule has 2 fully saturated rings. The fourth-order valence-corrected chi connectivity index (χ4v) is 4.08. The Morgan fingerprint density at radius 1 is 1.11 bits per heavy atom. The fraction of sp³-hybridized carbons (Fsp3) is 0.400. The summed E-state index contributed by atoms with van der Waals surface area (Å²) in [6.45, 7) is 0. The van der Waals surface area contributed by atoms with Crippen LogP contribution in [-0.4, -0.2) is 23.0 Å². The van der Waals surface area contributed by atoms with Crippen LogP contribution in [0.15, 0.2) is 42.6 Å². The molecule has 3 heterocycles. The van der Waals surface area contributed by atoms with Crippen LogP contribution in [0.4, 0.5) is 5.69 Å². The summed E-state index contributed by atoms with van der Waals surface area (Å²) < 4.78 is 5.66. The summed E-state index contributed by atoms with van der Waals surface area (Å²) in [5.41, 5.74) is 0.781. The molecule has 1 aromatic carbocycles. The number of nitrogens with one attached hydrogen (secondary N) is 2. The largest absolute Gasteiger partial charge is 0.439 e. The molecule has 2 atom stereocenters. The van der Waals surface area contributed by atoms with Crippen molar-refractivity contribution in [2.75, 3.05) is 5.32 Å². The summed E-state index contributed by atoms with van der Waals surface area (Å²) in [5, 5.41) is 7.17. The predicted octanol–water partition coefficient (Wildman–Crippen LogP) is 5.23. The van der Waals surface area contributed by atoms with Crippen LogP contribution in [0.2, 0.25) is 5.02 Å². The van der Waals surface area contributed by atoms with Crippen molar-refractivity contribution in [3.8, 4) is 11.6 Å². The fourth-order valence-electron chi connectivity index (χ4n) is 3.97. The average molecular weight is 445 g/mol. The lowest BCUT2D eigenvalue weighted by Crippen LogP contribution is -2.39. The zero-order valence-electron chi connectivity index (χ0n) is 15.3. The molecule has 0 spiro atoms. The summed E-state index contributed by atoms with van der Waals surface area (Å²) in [6, 6.07) is 12.0. The number of pyridine rings is 1. The minimum absolute atomic E-state index is 0. The minimum Gasteiger partial charge on any atom is -0.439 e. The van der Waals surface area contributed by atoms with Crippen molar-refractivity contribution in [3.63, 3.8) is 0 Å². The van der Waals surface area contributed by atoms with Gasteiger partial charge < -0.3 is 15.4 Å². The van der Waals surface area contributed by atoms with Gasteiger partial charge in [-0.05, 0) is 61.9 Å². The number of anilines is 1. The molecule has 2 bridgehead atoms. The Kier molecular flexibility index (Phi) is 8.38. The highest BCUT2D eigenvalue weighted by molar-refractivity contribution is 6.30. The van der Waals surface area contributed by atoms with Crippen LogP contribution < -0.4 is 15.4 Å². The number of fused-ring (bicyclic) bond motifs is 2. The van der Waals surface area contributed by atoms with Crippen LogP contribution in [0, 0.1) is 5.92 Å². The summed E-state index contributed by atoms with van der Waals surface area (Å²) in [4.78, 5) is 16.4. The standard InChI is InChI=1S/C20H22ClN3O2.2ClH/c21-14-1-8-20(22-12-14)26-18-6-4-15(5-7-18)24-19(25)11-13-9-16-2-3-17(10-13)23-16;;/h1,4-8,12-13,16-17,23H,2-3,9-11H2,(H,24,25);2*1H. The van der Waals surface area contributed by atoms with Crippen molar-refractivity contribution in [2.45, 2.75) is 44.2 Å². The maximum atomic E-state index is 12.3. The van der Waals surface area contributed by atoms with E-state index >= 15 is 0 Å². The first-order valence-electron chi connectivity index (χ1n) is 9.09. The topological polar surface area (TPSA) is 63.2 Å². The molecule has 28 heavy (non-hydrogen) atoms. The number of halogens is 3. The Morgan fingerprint density at radius 3 is 2.39 bits per heavy atom. The van der Waals surface area contributed by atoms with Gasteiger partial charge in [-0.3, -0.25) is 4.79 Å². The van der Waals surface area contributed by atoms with E-state index in [1.54, 1.807) is 18.3 Å². The predicted molar refractivity (Wildman–Crippen MR) is 116 cm³/mol. The van der Waals surface area contributed by atoms with Crippen LogP contribution in [0.5, 0.6) is 11.6 Å². The third-order valence-corrected chi connectivity index (χ3v) is 5.33. The van der Waals surface area contributed by atoms with Crippen molar-refractivity contribution in [2.24, 2.45) is 5.92 Å². The Hall–Kier alpha value is -1.53. The number of amides is 1. The molecule has 1 aromatic heterocycles. The molecule has 4 rings (SSSR count). The second-order valence-corrected chi connectivity index (χ2v) is 7.61. The van der Waals surface area contributed by atoms with Gasteiger partial charge in [0.05, 0.1) is 5.02 Å². The minimum atomic E-state index is 0. The van der Waals surface area contributed by atoms with E-state index < -0.39 is 0 Å². The summed E-state index contributed by atoms with van der Waals surface area (Å²) in [7, 11) is 0. The second-order valence-electron chi connectivity index (χ2n) is 7.17. The van der Waals surface area contributed by atoms with Gasteiger partial charge in [0, 0.05) is 36.5 Å². The summed E-state index contributed by atoms with van der Waals surface area (Å²) >= 11 is 5.81. The van der Waals surface area contributed by atoms with Crippen molar-refractivity contribution >= 4 is 48.0 Å². The molecule has 2 aliphatic heterocycles. The number of ether oxygens (including phenoxy) is 1. The quantitative estimate of drug-likeness (QED) is 0.663. The van der Waals surface area contributed by atoms with E-state index in [0.717, 1.165) is 18.5 Å². The molecule has 0 saturated carbocycles. The first kappa shape index (κ1) is 22.8. The third kappa shape index (κ3) is 5.98. The van der Waals surface area contributed by atoms with E-state index in [0.29, 0.717) is 41.1 Å². The van der Waals surface area contributed by atoms with Crippen LogP contribution in [0.25, 0.3) is 0 Å². The van der Waals surface area contributed by atoms with E-state index in [9.17, 15) is 4.79 Å². The molecule has 2 N–H and O–H groups in total. The van der Waals surface area contributed by atoms with Gasteiger partial charge >= 0.3 is 0 Å². The Bertz CT molecular complexity index is 759. The van der Waals surface area contributed by atoms with Gasteiger partial charge in [0.1, 0.15) is 5.75 Å². The average Bonchev–Trinajstić information content (AvgIpc) is 2.97. The van der Waals surface area contributed by atoms with E-state index in [-0.39, 0.29) is 30.7 Å². The number of piperidine rings is 1. The highest BCUT2D eigenvalue weighted by atomic mass is 35.5. The van der Waals surface area contributed by atoms with Crippen LogP contribution in [-0.2, 0) is 4.79 Å². The Morgan fingerprint density at radius 2 is 1.79 bits per heavy atom. The summed E-state index contributed by atoms with van der Waals surface area (Å²) in [6.07, 6.45) is 6.88. The van der Waals surface area contributed by atoms with E-state index in [2.05, 4.69) is 15.6 Å². The highest BCUT2D eigenvalue weighted by Gasteiger charge is 2.34. The third-order valence-electron chi connectivity index (χ3n) is 5.11. The molecule has 152 valence electrons. The van der Waals surface area contributed by atoms with Gasteiger partial charge in [-0.1, -0.05) is 11.6 Å². The normalized spacial score (nSPS) is 22.5. The number of nitrogens with zero attached hydrogens (tertiary/aromatic N) is 1. The maximum Gasteiger partial charge on any atom is 0.224 e. The molecule has 2 aromatic rings. The van der Waals surface area contributed by atoms with Crippen LogP contribution in [0.1, 0.15) is 32.1 Å². The summed E-state index contributed by atoms with van der Waals surface area (Å²) in [5.74, 6) is 1.72. The Balaban J connectivity index is 0.00000140. The van der Waals surface area contributed by atoms with Gasteiger partial charge in [-0.2, -0.15) is 0 Å². The van der Waals surface area contributed by atoms with Gasteiger partial charge in [-0.25, -0.2) is 4.98 Å². The molecule has 0 radical (unpaired) electrons. The van der Waals surface area contributed by atoms with Crippen molar-refractivity contribution in [1.29, 1.82) is 0 Å². The lowest BCUT2D eigenvalue weighted by Gasteiger charge is -2.28. The molecule has 2 unspecified atom stereocenters. The second kappa shape index (κ2) is 10.3. The number of carbonyl (C=O) groups excluding carboxylic acids is 1. The number of carbonyl (C=O) groups is 1. The van der Waals surface area contributed by atoms with E-state index in [1.165, 1.54) is 12.8 Å². The van der Waals surface area contributed by atoms with E-state index in [4.69, 9.17) is 16.3 Å². The number of benzene rings is 1. The lowest BCUT2D eigenvalue weighted by molar-refractivity contribution is -0.117. The molecule has 2 saturated heterocycles. The number of hydrogen-bond donors (Lipinski definition) is 2. The number of aromatic nitrogens is 1. The molecule has 2 aliphatic rings. The lowest BCUT2D eigenvalue weighted by atomic mass is 9.89. The molecule has 1 amide bonds. The van der Waals surface area contributed by atoms with Crippen LogP contribution in [0.3, 0.4) is 0 Å². The smallest absolute Gasteiger partial charge is 0.224 e. The zero-order valence-corrected chi connectivity index (χ0v) is 17.7. The number of hydrogen-bond acceptors (Lipinski definition) is 4.